The molecule has 1 aliphatic rings. The Kier molecular flexibility index (Phi) is 5.50. The average Bonchev–Trinajstić information content (AvgIpc) is 3.11. The molecule has 0 N–H and O–H groups in total. The lowest BCUT2D eigenvalue weighted by Crippen LogP contribution is -2.26. The molecular formula is C18H20ClN3O3. The fraction of sp³-hybridized carbons (Fsp3) is 0.389. The smallest absolute Gasteiger partial charge is 0.343 e. The molecule has 0 saturated carbocycles. The highest BCUT2D eigenvalue weighted by molar-refractivity contribution is 6.30. The van der Waals surface area contributed by atoms with Crippen LogP contribution in [0.2, 0.25) is 5.02 Å². The van der Waals surface area contributed by atoms with Gasteiger partial charge >= 0.3 is 5.97 Å². The van der Waals surface area contributed by atoms with Gasteiger partial charge in [0.05, 0.1) is 12.7 Å². The standard InChI is InChI=1S/C18H20ClN3O3/c1-3-25-18(23)15-10-20-16(12-4-6-13(19)7-5-12)21-17(15)22-9-8-14(11-22)24-2/h4-7,10,14H,3,8-9,11H2,1-2H3. The SMILES string of the molecule is CCOC(=O)c1cnc(-c2ccc(Cl)cc2)nc1N1CCC(OC)C1. The van der Waals surface area contributed by atoms with Crippen LogP contribution < -0.4 is 4.90 Å². The van der Waals surface area contributed by atoms with Gasteiger partial charge in [0.1, 0.15) is 11.4 Å². The third-order valence-electron chi connectivity index (χ3n) is 4.14. The Bertz CT molecular complexity index is 752. The first kappa shape index (κ1) is 17.6. The summed E-state index contributed by atoms with van der Waals surface area (Å²) < 4.78 is 10.6. The van der Waals surface area contributed by atoms with Gasteiger partial charge in [-0.3, -0.25) is 0 Å². The molecule has 0 radical (unpaired) electrons. The Balaban J connectivity index is 1.99. The van der Waals surface area contributed by atoms with Gasteiger partial charge in [0.25, 0.3) is 0 Å². The van der Waals surface area contributed by atoms with Crippen LogP contribution in [-0.4, -0.2) is 48.8 Å². The maximum Gasteiger partial charge on any atom is 0.343 e. The van der Waals surface area contributed by atoms with Crippen molar-refractivity contribution in [1.82, 2.24) is 9.97 Å². The molecule has 25 heavy (non-hydrogen) atoms. The van der Waals surface area contributed by atoms with E-state index in [1.165, 1.54) is 6.20 Å². The Morgan fingerprint density at radius 2 is 2.12 bits per heavy atom. The minimum Gasteiger partial charge on any atom is -0.462 e. The van der Waals surface area contributed by atoms with Gasteiger partial charge in [-0.1, -0.05) is 11.6 Å². The number of ether oxygens (including phenoxy) is 2. The Morgan fingerprint density at radius 1 is 1.36 bits per heavy atom. The molecule has 0 aliphatic carbocycles. The van der Waals surface area contributed by atoms with Crippen LogP contribution in [0.1, 0.15) is 23.7 Å². The Labute approximate surface area is 151 Å². The molecule has 1 fully saturated rings. The summed E-state index contributed by atoms with van der Waals surface area (Å²) in [5.74, 6) is 0.708. The summed E-state index contributed by atoms with van der Waals surface area (Å²) in [4.78, 5) is 23.3. The molecule has 1 aromatic heterocycles. The number of hydrogen-bond donors (Lipinski definition) is 0. The van der Waals surface area contributed by atoms with Gasteiger partial charge in [-0.05, 0) is 37.6 Å². The molecule has 2 heterocycles. The van der Waals surface area contributed by atoms with Crippen molar-refractivity contribution >= 4 is 23.4 Å². The highest BCUT2D eigenvalue weighted by Crippen LogP contribution is 2.27. The monoisotopic (exact) mass is 361 g/mol. The van der Waals surface area contributed by atoms with Crippen LogP contribution >= 0.6 is 11.6 Å². The van der Waals surface area contributed by atoms with Crippen LogP contribution in [0.4, 0.5) is 5.82 Å². The number of methoxy groups -OCH3 is 1. The number of aromatic nitrogens is 2. The van der Waals surface area contributed by atoms with Gasteiger partial charge in [0, 0.05) is 37.0 Å². The minimum atomic E-state index is -0.416. The summed E-state index contributed by atoms with van der Waals surface area (Å²) >= 11 is 5.94. The first-order chi connectivity index (χ1) is 12.1. The largest absolute Gasteiger partial charge is 0.462 e. The molecule has 0 spiro atoms. The molecule has 7 heteroatoms. The molecule has 1 unspecified atom stereocenters. The van der Waals surface area contributed by atoms with Crippen LogP contribution in [0.5, 0.6) is 0 Å². The van der Waals surface area contributed by atoms with Crippen LogP contribution in [0.15, 0.2) is 30.5 Å². The topological polar surface area (TPSA) is 64.5 Å². The lowest BCUT2D eigenvalue weighted by atomic mass is 10.2. The Hall–Kier alpha value is -2.18. The number of carbonyl (C=O) groups excluding carboxylic acids is 1. The highest BCUT2D eigenvalue weighted by Gasteiger charge is 2.28. The van der Waals surface area contributed by atoms with Crippen molar-refractivity contribution in [3.63, 3.8) is 0 Å². The predicted octanol–water partition coefficient (Wildman–Crippen LogP) is 3.20. The van der Waals surface area contributed by atoms with Gasteiger partial charge < -0.3 is 14.4 Å². The highest BCUT2D eigenvalue weighted by atomic mass is 35.5. The number of esters is 1. The van der Waals surface area contributed by atoms with Crippen LogP contribution in [0.3, 0.4) is 0 Å². The number of carbonyl (C=O) groups is 1. The van der Waals surface area contributed by atoms with Gasteiger partial charge in [0.2, 0.25) is 0 Å². The second-order valence-electron chi connectivity index (χ2n) is 5.75. The van der Waals surface area contributed by atoms with Crippen molar-refractivity contribution < 1.29 is 14.3 Å². The van der Waals surface area contributed by atoms with E-state index in [4.69, 9.17) is 21.1 Å². The molecule has 3 rings (SSSR count). The van der Waals surface area contributed by atoms with E-state index in [0.717, 1.165) is 18.5 Å². The number of anilines is 1. The van der Waals surface area contributed by atoms with Crippen LogP contribution in [0.25, 0.3) is 11.4 Å². The lowest BCUT2D eigenvalue weighted by Gasteiger charge is -2.20. The molecule has 132 valence electrons. The summed E-state index contributed by atoms with van der Waals surface area (Å²) in [6, 6.07) is 7.28. The van der Waals surface area contributed by atoms with Gasteiger partial charge in [-0.15, -0.1) is 0 Å². The van der Waals surface area contributed by atoms with E-state index in [9.17, 15) is 4.79 Å². The first-order valence-electron chi connectivity index (χ1n) is 8.20. The molecule has 1 atom stereocenters. The number of halogens is 1. The summed E-state index contributed by atoms with van der Waals surface area (Å²) in [6.07, 6.45) is 2.55. The molecule has 0 bridgehead atoms. The van der Waals surface area contributed by atoms with Crippen molar-refractivity contribution in [2.75, 3.05) is 31.7 Å². The predicted molar refractivity (Wildman–Crippen MR) is 96.1 cm³/mol. The summed E-state index contributed by atoms with van der Waals surface area (Å²) in [6.45, 7) is 3.52. The van der Waals surface area contributed by atoms with E-state index in [-0.39, 0.29) is 6.10 Å². The minimum absolute atomic E-state index is 0.129. The molecule has 1 saturated heterocycles. The third-order valence-corrected chi connectivity index (χ3v) is 4.40. The third kappa shape index (κ3) is 3.91. The fourth-order valence-corrected chi connectivity index (χ4v) is 2.94. The second-order valence-corrected chi connectivity index (χ2v) is 6.19. The molecule has 2 aromatic rings. The Morgan fingerprint density at radius 3 is 2.76 bits per heavy atom. The van der Waals surface area contributed by atoms with Crippen molar-refractivity contribution in [2.24, 2.45) is 0 Å². The van der Waals surface area contributed by atoms with Crippen molar-refractivity contribution in [3.8, 4) is 11.4 Å². The van der Waals surface area contributed by atoms with Crippen molar-refractivity contribution in [1.29, 1.82) is 0 Å². The zero-order valence-electron chi connectivity index (χ0n) is 14.2. The summed E-state index contributed by atoms with van der Waals surface area (Å²) in [7, 11) is 1.69. The van der Waals surface area contributed by atoms with Gasteiger partial charge in [-0.2, -0.15) is 0 Å². The van der Waals surface area contributed by atoms with Crippen LogP contribution in [-0.2, 0) is 9.47 Å². The van der Waals surface area contributed by atoms with E-state index in [1.807, 2.05) is 17.0 Å². The van der Waals surface area contributed by atoms with E-state index in [2.05, 4.69) is 9.97 Å². The zero-order chi connectivity index (χ0) is 17.8. The molecular weight excluding hydrogens is 342 g/mol. The normalized spacial score (nSPS) is 16.9. The molecule has 0 amide bonds. The first-order valence-corrected chi connectivity index (χ1v) is 8.58. The van der Waals surface area contributed by atoms with Crippen LogP contribution in [0, 0.1) is 0 Å². The number of rotatable bonds is 5. The van der Waals surface area contributed by atoms with E-state index in [1.54, 1.807) is 26.2 Å². The van der Waals surface area contributed by atoms with Crippen molar-refractivity contribution in [3.05, 3.63) is 41.0 Å². The number of benzene rings is 1. The number of nitrogens with zero attached hydrogens (tertiary/aromatic N) is 3. The van der Waals surface area contributed by atoms with E-state index >= 15 is 0 Å². The quantitative estimate of drug-likeness (QED) is 0.762. The number of hydrogen-bond acceptors (Lipinski definition) is 6. The molecule has 1 aromatic carbocycles. The van der Waals surface area contributed by atoms with E-state index in [0.29, 0.717) is 35.4 Å². The lowest BCUT2D eigenvalue weighted by molar-refractivity contribution is 0.0526. The second kappa shape index (κ2) is 7.80. The molecule has 1 aliphatic heterocycles. The molecule has 6 nitrogen and oxygen atoms in total. The summed E-state index contributed by atoms with van der Waals surface area (Å²) in [5.41, 5.74) is 1.21. The van der Waals surface area contributed by atoms with Gasteiger partial charge in [-0.25, -0.2) is 14.8 Å². The van der Waals surface area contributed by atoms with Gasteiger partial charge in [0.15, 0.2) is 5.82 Å². The average molecular weight is 362 g/mol. The van der Waals surface area contributed by atoms with E-state index < -0.39 is 5.97 Å². The zero-order valence-corrected chi connectivity index (χ0v) is 15.0. The maximum atomic E-state index is 12.3. The maximum absolute atomic E-state index is 12.3. The fourth-order valence-electron chi connectivity index (χ4n) is 2.82. The summed E-state index contributed by atoms with van der Waals surface area (Å²) in [5, 5.41) is 0.648. The van der Waals surface area contributed by atoms with Crippen molar-refractivity contribution in [2.45, 2.75) is 19.4 Å².